The highest BCUT2D eigenvalue weighted by molar-refractivity contribution is 7.12. The van der Waals surface area contributed by atoms with Crippen molar-refractivity contribution >= 4 is 17.2 Å². The Bertz CT molecular complexity index is 415. The van der Waals surface area contributed by atoms with Crippen LogP contribution in [-0.2, 0) is 0 Å². The number of halogens is 2. The second-order valence-electron chi connectivity index (χ2n) is 4.47. The number of carbonyl (C=O) groups is 1. The van der Waals surface area contributed by atoms with E-state index in [1.165, 1.54) is 23.4 Å². The Balaban J connectivity index is 2.81. The molecule has 0 bridgehead atoms. The van der Waals surface area contributed by atoms with Gasteiger partial charge in [0, 0.05) is 13.6 Å². The number of likely N-dealkylation sites (N-methyl/N-ethyl adjacent to an activating group) is 1. The van der Waals surface area contributed by atoms with Gasteiger partial charge in [-0.05, 0) is 25.3 Å². The zero-order valence-electron chi connectivity index (χ0n) is 10.3. The molecule has 4 nitrogen and oxygen atoms in total. The van der Waals surface area contributed by atoms with Crippen LogP contribution in [-0.4, -0.2) is 41.7 Å². The van der Waals surface area contributed by atoms with E-state index in [2.05, 4.69) is 4.74 Å². The second kappa shape index (κ2) is 5.62. The summed E-state index contributed by atoms with van der Waals surface area (Å²) in [7, 11) is 1.49. The molecule has 0 aromatic carbocycles. The number of hydrogen-bond acceptors (Lipinski definition) is 4. The van der Waals surface area contributed by atoms with Crippen LogP contribution in [0.3, 0.4) is 0 Å². The van der Waals surface area contributed by atoms with E-state index in [1.807, 2.05) is 0 Å². The van der Waals surface area contributed by atoms with Gasteiger partial charge in [-0.25, -0.2) is 0 Å². The number of amides is 1. The summed E-state index contributed by atoms with van der Waals surface area (Å²) in [6, 6.07) is 1.32. The van der Waals surface area contributed by atoms with E-state index in [9.17, 15) is 18.7 Å². The fraction of sp³-hybridized carbons (Fsp3) is 0.545. The summed E-state index contributed by atoms with van der Waals surface area (Å²) >= 11 is 1.02. The Morgan fingerprint density at radius 2 is 2.22 bits per heavy atom. The van der Waals surface area contributed by atoms with Crippen LogP contribution in [0.1, 0.15) is 23.5 Å². The van der Waals surface area contributed by atoms with Gasteiger partial charge >= 0.3 is 6.61 Å². The molecule has 0 atom stereocenters. The molecule has 1 aromatic heterocycles. The van der Waals surface area contributed by atoms with E-state index in [4.69, 9.17) is 0 Å². The monoisotopic (exact) mass is 279 g/mol. The topological polar surface area (TPSA) is 49.8 Å². The number of nitrogens with zero attached hydrogens (tertiary/aromatic N) is 1. The lowest BCUT2D eigenvalue weighted by atomic mass is 10.1. The van der Waals surface area contributed by atoms with Crippen molar-refractivity contribution in [2.45, 2.75) is 26.1 Å². The van der Waals surface area contributed by atoms with Crippen LogP contribution >= 0.6 is 11.3 Å². The molecule has 1 aromatic rings. The Hall–Kier alpha value is -1.21. The normalized spacial score (nSPS) is 11.7. The molecule has 0 radical (unpaired) electrons. The number of alkyl halides is 2. The van der Waals surface area contributed by atoms with Crippen molar-refractivity contribution in [3.05, 3.63) is 16.3 Å². The molecule has 0 aliphatic carbocycles. The van der Waals surface area contributed by atoms with Gasteiger partial charge < -0.3 is 14.7 Å². The van der Waals surface area contributed by atoms with Crippen molar-refractivity contribution in [1.29, 1.82) is 0 Å². The highest BCUT2D eigenvalue weighted by Crippen LogP contribution is 2.27. The van der Waals surface area contributed by atoms with Gasteiger partial charge in [0.15, 0.2) is 0 Å². The lowest BCUT2D eigenvalue weighted by Crippen LogP contribution is -2.39. The van der Waals surface area contributed by atoms with Crippen LogP contribution < -0.4 is 4.74 Å². The van der Waals surface area contributed by atoms with E-state index < -0.39 is 18.1 Å². The van der Waals surface area contributed by atoms with Crippen LogP contribution in [0.5, 0.6) is 5.75 Å². The maximum atomic E-state index is 12.1. The predicted octanol–water partition coefficient (Wildman–Crippen LogP) is 2.19. The van der Waals surface area contributed by atoms with Crippen molar-refractivity contribution in [3.63, 3.8) is 0 Å². The molecule has 7 heteroatoms. The molecule has 0 unspecified atom stereocenters. The van der Waals surface area contributed by atoms with Gasteiger partial charge in [-0.3, -0.25) is 4.79 Å². The van der Waals surface area contributed by atoms with Gasteiger partial charge in [-0.2, -0.15) is 8.78 Å². The molecule has 18 heavy (non-hydrogen) atoms. The highest BCUT2D eigenvalue weighted by Gasteiger charge is 2.24. The molecule has 0 fully saturated rings. The maximum Gasteiger partial charge on any atom is 0.387 e. The smallest absolute Gasteiger partial charge is 0.387 e. The first-order chi connectivity index (χ1) is 8.20. The third-order valence-corrected chi connectivity index (χ3v) is 2.89. The summed E-state index contributed by atoms with van der Waals surface area (Å²) in [5, 5.41) is 11.1. The average molecular weight is 279 g/mol. The first-order valence-corrected chi connectivity index (χ1v) is 6.09. The van der Waals surface area contributed by atoms with Crippen molar-refractivity contribution in [2.24, 2.45) is 0 Å². The minimum Gasteiger partial charge on any atom is -0.433 e. The summed E-state index contributed by atoms with van der Waals surface area (Å²) < 4.78 is 28.5. The SMILES string of the molecule is CN(CC(C)(C)O)C(=O)c1sccc1OC(F)F. The number of thiophene rings is 1. The summed E-state index contributed by atoms with van der Waals surface area (Å²) in [5.74, 6) is -0.592. The van der Waals surface area contributed by atoms with E-state index in [0.717, 1.165) is 11.3 Å². The van der Waals surface area contributed by atoms with Gasteiger partial charge in [0.25, 0.3) is 5.91 Å². The first kappa shape index (κ1) is 14.8. The van der Waals surface area contributed by atoms with Gasteiger partial charge in [0.1, 0.15) is 10.6 Å². The highest BCUT2D eigenvalue weighted by atomic mass is 32.1. The van der Waals surface area contributed by atoms with Gasteiger partial charge in [0.05, 0.1) is 5.60 Å². The molecule has 0 spiro atoms. The summed E-state index contributed by atoms with van der Waals surface area (Å²) in [6.45, 7) is 0.243. The Kier molecular flexibility index (Phi) is 4.64. The third kappa shape index (κ3) is 4.23. The largest absolute Gasteiger partial charge is 0.433 e. The molecule has 102 valence electrons. The average Bonchev–Trinajstić information content (AvgIpc) is 2.60. The van der Waals surface area contributed by atoms with Gasteiger partial charge in [-0.1, -0.05) is 0 Å². The van der Waals surface area contributed by atoms with Crippen LogP contribution in [0.25, 0.3) is 0 Å². The van der Waals surface area contributed by atoms with Crippen LogP contribution in [0.4, 0.5) is 8.78 Å². The molecular weight excluding hydrogens is 264 g/mol. The Morgan fingerprint density at radius 1 is 1.61 bits per heavy atom. The first-order valence-electron chi connectivity index (χ1n) is 5.21. The number of ether oxygens (including phenoxy) is 1. The fourth-order valence-electron chi connectivity index (χ4n) is 1.47. The van der Waals surface area contributed by atoms with E-state index in [0.29, 0.717) is 0 Å². The molecule has 0 aliphatic heterocycles. The Morgan fingerprint density at radius 3 is 2.72 bits per heavy atom. The minimum atomic E-state index is -2.97. The summed E-state index contributed by atoms with van der Waals surface area (Å²) in [5.41, 5.74) is -1.05. The molecule has 1 amide bonds. The molecular formula is C11H15F2NO3S. The zero-order valence-corrected chi connectivity index (χ0v) is 11.1. The lowest BCUT2D eigenvalue weighted by Gasteiger charge is -2.25. The van der Waals surface area contributed by atoms with Crippen molar-refractivity contribution < 1.29 is 23.4 Å². The second-order valence-corrected chi connectivity index (χ2v) is 5.38. The number of hydrogen-bond donors (Lipinski definition) is 1. The molecule has 1 rings (SSSR count). The number of carbonyl (C=O) groups excluding carboxylic acids is 1. The van der Waals surface area contributed by atoms with E-state index in [1.54, 1.807) is 13.8 Å². The maximum absolute atomic E-state index is 12.1. The molecule has 0 saturated heterocycles. The molecule has 1 heterocycles. The molecule has 1 N–H and O–H groups in total. The van der Waals surface area contributed by atoms with Crippen molar-refractivity contribution in [3.8, 4) is 5.75 Å². The van der Waals surface area contributed by atoms with Crippen LogP contribution in [0.15, 0.2) is 11.4 Å². The van der Waals surface area contributed by atoms with Crippen LogP contribution in [0, 0.1) is 0 Å². The predicted molar refractivity (Wildman–Crippen MR) is 64.2 cm³/mol. The van der Waals surface area contributed by atoms with E-state index >= 15 is 0 Å². The third-order valence-electron chi connectivity index (χ3n) is 2.01. The standard InChI is InChI=1S/C11H15F2NO3S/c1-11(2,16)6-14(3)9(15)8-7(4-5-18-8)17-10(12)13/h4-5,10,16H,6H2,1-3H3. The fourth-order valence-corrected chi connectivity index (χ4v) is 2.28. The van der Waals surface area contributed by atoms with Crippen LogP contribution in [0.2, 0.25) is 0 Å². The number of aliphatic hydroxyl groups is 1. The van der Waals surface area contributed by atoms with Crippen molar-refractivity contribution in [1.82, 2.24) is 4.90 Å². The summed E-state index contributed by atoms with van der Waals surface area (Å²) in [4.78, 5) is 13.4. The lowest BCUT2D eigenvalue weighted by molar-refractivity contribution is -0.0500. The Labute approximate surface area is 108 Å². The zero-order chi connectivity index (χ0) is 13.9. The quantitative estimate of drug-likeness (QED) is 0.899. The van der Waals surface area contributed by atoms with Gasteiger partial charge in [0.2, 0.25) is 0 Å². The van der Waals surface area contributed by atoms with Gasteiger partial charge in [-0.15, -0.1) is 11.3 Å². The number of rotatable bonds is 5. The molecule has 0 saturated carbocycles. The molecule has 0 aliphatic rings. The minimum absolute atomic E-state index is 0.0951. The van der Waals surface area contributed by atoms with Crippen molar-refractivity contribution in [2.75, 3.05) is 13.6 Å². The van der Waals surface area contributed by atoms with E-state index in [-0.39, 0.29) is 17.2 Å². The summed E-state index contributed by atoms with van der Waals surface area (Å²) in [6.07, 6.45) is 0.